The van der Waals surface area contributed by atoms with E-state index in [1.54, 1.807) is 0 Å². The summed E-state index contributed by atoms with van der Waals surface area (Å²) in [6.45, 7) is 3.67. The minimum Gasteiger partial charge on any atom is -0.325 e. The molecule has 1 aliphatic carbocycles. The van der Waals surface area contributed by atoms with E-state index < -0.39 is 0 Å². The minimum absolute atomic E-state index is 0.189. The highest BCUT2D eigenvalue weighted by Gasteiger charge is 2.32. The zero-order chi connectivity index (χ0) is 11.6. The molecule has 0 radical (unpaired) electrons. The summed E-state index contributed by atoms with van der Waals surface area (Å²) in [6.07, 6.45) is 7.71. The van der Waals surface area contributed by atoms with E-state index in [-0.39, 0.29) is 5.54 Å². The van der Waals surface area contributed by atoms with Crippen molar-refractivity contribution in [2.24, 2.45) is 5.73 Å². The van der Waals surface area contributed by atoms with Crippen molar-refractivity contribution in [1.29, 1.82) is 0 Å². The van der Waals surface area contributed by atoms with Gasteiger partial charge in [0.05, 0.1) is 0 Å². The van der Waals surface area contributed by atoms with Crippen LogP contribution < -0.4 is 5.73 Å². The molecule has 0 spiro atoms. The van der Waals surface area contributed by atoms with Crippen LogP contribution in [0.2, 0.25) is 0 Å². The first-order chi connectivity index (χ1) is 7.59. The minimum atomic E-state index is 0.189. The van der Waals surface area contributed by atoms with Crippen LogP contribution in [0.15, 0.2) is 0 Å². The molecule has 94 valence electrons. The predicted octanol–water partition coefficient (Wildman–Crippen LogP) is 1.28. The average Bonchev–Trinajstić information content (AvgIpc) is 2.23. The predicted molar refractivity (Wildman–Crippen MR) is 68.5 cm³/mol. The first-order valence-corrected chi connectivity index (χ1v) is 6.77. The molecule has 1 atom stereocenters. The second-order valence-corrected chi connectivity index (χ2v) is 6.00. The molecular formula is C13H27N3. The molecule has 2 aliphatic rings. The van der Waals surface area contributed by atoms with Gasteiger partial charge in [-0.05, 0) is 65.7 Å². The third kappa shape index (κ3) is 2.96. The van der Waals surface area contributed by atoms with Crippen molar-refractivity contribution in [1.82, 2.24) is 9.80 Å². The molecule has 2 N–H and O–H groups in total. The van der Waals surface area contributed by atoms with Gasteiger partial charge in [0.15, 0.2) is 0 Å². The van der Waals surface area contributed by atoms with Crippen molar-refractivity contribution in [3.05, 3.63) is 0 Å². The van der Waals surface area contributed by atoms with Crippen LogP contribution in [0, 0.1) is 0 Å². The molecule has 1 saturated carbocycles. The molecule has 3 nitrogen and oxygen atoms in total. The van der Waals surface area contributed by atoms with Gasteiger partial charge >= 0.3 is 0 Å². The summed E-state index contributed by atoms with van der Waals surface area (Å²) in [5.41, 5.74) is 6.46. The summed E-state index contributed by atoms with van der Waals surface area (Å²) in [7, 11) is 4.50. The quantitative estimate of drug-likeness (QED) is 0.782. The lowest BCUT2D eigenvalue weighted by Crippen LogP contribution is -2.51. The summed E-state index contributed by atoms with van der Waals surface area (Å²) in [4.78, 5) is 4.98. The number of nitrogens with two attached hydrogens (primary N) is 1. The second-order valence-electron chi connectivity index (χ2n) is 6.00. The topological polar surface area (TPSA) is 32.5 Å². The normalized spacial score (nSPS) is 30.4. The Labute approximate surface area is 100.0 Å². The Hall–Kier alpha value is -0.120. The van der Waals surface area contributed by atoms with Crippen molar-refractivity contribution >= 4 is 0 Å². The molecule has 0 bridgehead atoms. The van der Waals surface area contributed by atoms with Gasteiger partial charge < -0.3 is 15.5 Å². The summed E-state index contributed by atoms with van der Waals surface area (Å²) in [5, 5.41) is 0. The van der Waals surface area contributed by atoms with E-state index in [0.717, 1.165) is 6.04 Å². The van der Waals surface area contributed by atoms with E-state index in [9.17, 15) is 0 Å². The van der Waals surface area contributed by atoms with E-state index in [4.69, 9.17) is 5.73 Å². The Morgan fingerprint density at radius 3 is 2.69 bits per heavy atom. The smallest absolute Gasteiger partial charge is 0.0220 e. The number of likely N-dealkylation sites (tertiary alicyclic amines) is 1. The van der Waals surface area contributed by atoms with Crippen LogP contribution in [0.3, 0.4) is 0 Å². The van der Waals surface area contributed by atoms with E-state index in [1.807, 2.05) is 0 Å². The Morgan fingerprint density at radius 1 is 1.38 bits per heavy atom. The first-order valence-electron chi connectivity index (χ1n) is 6.77. The highest BCUT2D eigenvalue weighted by atomic mass is 15.2. The monoisotopic (exact) mass is 225 g/mol. The number of hydrogen-bond donors (Lipinski definition) is 1. The van der Waals surface area contributed by atoms with Gasteiger partial charge in [-0.1, -0.05) is 0 Å². The molecule has 0 aromatic heterocycles. The van der Waals surface area contributed by atoms with Crippen molar-refractivity contribution in [3.8, 4) is 0 Å². The van der Waals surface area contributed by atoms with Crippen LogP contribution in [0.25, 0.3) is 0 Å². The number of hydrogen-bond acceptors (Lipinski definition) is 3. The van der Waals surface area contributed by atoms with Gasteiger partial charge in [0.2, 0.25) is 0 Å². The fraction of sp³-hybridized carbons (Fsp3) is 1.00. The molecule has 3 heteroatoms. The molecule has 2 rings (SSSR count). The Morgan fingerprint density at radius 2 is 2.12 bits per heavy atom. The van der Waals surface area contributed by atoms with Gasteiger partial charge in [-0.3, -0.25) is 0 Å². The van der Waals surface area contributed by atoms with Crippen LogP contribution in [-0.4, -0.2) is 55.1 Å². The number of rotatable bonds is 4. The Bertz CT molecular complexity index is 225. The van der Waals surface area contributed by atoms with E-state index in [1.165, 1.54) is 58.2 Å². The molecule has 1 aliphatic heterocycles. The lowest BCUT2D eigenvalue weighted by Gasteiger charge is -2.41. The van der Waals surface area contributed by atoms with Crippen LogP contribution in [0.1, 0.15) is 38.5 Å². The van der Waals surface area contributed by atoms with E-state index >= 15 is 0 Å². The molecular weight excluding hydrogens is 198 g/mol. The van der Waals surface area contributed by atoms with Crippen molar-refractivity contribution in [2.75, 3.05) is 33.7 Å². The maximum absolute atomic E-state index is 6.27. The SMILES string of the molecule is CN1CCCC(N(C)CCC2(N)CCC2)C1. The van der Waals surface area contributed by atoms with Gasteiger partial charge in [-0.2, -0.15) is 0 Å². The summed E-state index contributed by atoms with van der Waals surface area (Å²) < 4.78 is 0. The van der Waals surface area contributed by atoms with Crippen LogP contribution in [0.4, 0.5) is 0 Å². The van der Waals surface area contributed by atoms with Crippen LogP contribution in [0.5, 0.6) is 0 Å². The highest BCUT2D eigenvalue weighted by Crippen LogP contribution is 2.32. The van der Waals surface area contributed by atoms with Crippen LogP contribution in [-0.2, 0) is 0 Å². The lowest BCUT2D eigenvalue weighted by molar-refractivity contribution is 0.115. The average molecular weight is 225 g/mol. The molecule has 0 aromatic carbocycles. The standard InChI is InChI=1S/C13H27N3/c1-15-9-3-5-12(11-15)16(2)10-8-13(14)6-4-7-13/h12H,3-11,14H2,1-2H3. The summed E-state index contributed by atoms with van der Waals surface area (Å²) in [6, 6.07) is 0.752. The van der Waals surface area contributed by atoms with Gasteiger partial charge in [-0.25, -0.2) is 0 Å². The fourth-order valence-electron chi connectivity index (χ4n) is 2.96. The largest absolute Gasteiger partial charge is 0.325 e. The van der Waals surface area contributed by atoms with Gasteiger partial charge in [-0.15, -0.1) is 0 Å². The zero-order valence-electron chi connectivity index (χ0n) is 10.9. The molecule has 16 heavy (non-hydrogen) atoms. The van der Waals surface area contributed by atoms with E-state index in [0.29, 0.717) is 0 Å². The molecule has 2 fully saturated rings. The van der Waals surface area contributed by atoms with Crippen molar-refractivity contribution in [3.63, 3.8) is 0 Å². The fourth-order valence-corrected chi connectivity index (χ4v) is 2.96. The molecule has 0 amide bonds. The third-order valence-corrected chi connectivity index (χ3v) is 4.53. The third-order valence-electron chi connectivity index (χ3n) is 4.53. The highest BCUT2D eigenvalue weighted by molar-refractivity contribution is 4.93. The van der Waals surface area contributed by atoms with Crippen molar-refractivity contribution in [2.45, 2.75) is 50.1 Å². The lowest BCUT2D eigenvalue weighted by atomic mass is 9.75. The van der Waals surface area contributed by atoms with Gasteiger partial charge in [0.25, 0.3) is 0 Å². The second kappa shape index (κ2) is 5.03. The molecule has 0 aromatic rings. The first kappa shape index (κ1) is 12.3. The Kier molecular flexibility index (Phi) is 3.88. The number of piperidine rings is 1. The van der Waals surface area contributed by atoms with E-state index in [2.05, 4.69) is 23.9 Å². The summed E-state index contributed by atoms with van der Waals surface area (Å²) >= 11 is 0. The Balaban J connectivity index is 1.72. The molecule has 1 heterocycles. The maximum atomic E-state index is 6.27. The zero-order valence-corrected chi connectivity index (χ0v) is 10.9. The van der Waals surface area contributed by atoms with Crippen LogP contribution >= 0.6 is 0 Å². The van der Waals surface area contributed by atoms with Gasteiger partial charge in [0.1, 0.15) is 0 Å². The maximum Gasteiger partial charge on any atom is 0.0220 e. The molecule has 1 unspecified atom stereocenters. The number of nitrogens with zero attached hydrogens (tertiary/aromatic N) is 2. The van der Waals surface area contributed by atoms with Crippen molar-refractivity contribution < 1.29 is 0 Å². The van der Waals surface area contributed by atoms with Gasteiger partial charge in [0, 0.05) is 18.1 Å². The summed E-state index contributed by atoms with van der Waals surface area (Å²) in [5.74, 6) is 0. The number of likely N-dealkylation sites (N-methyl/N-ethyl adjacent to an activating group) is 2. The molecule has 1 saturated heterocycles.